The van der Waals surface area contributed by atoms with E-state index in [1.54, 1.807) is 12.1 Å². The first-order valence-corrected chi connectivity index (χ1v) is 10.9. The van der Waals surface area contributed by atoms with Gasteiger partial charge in [0.15, 0.2) is 0 Å². The number of aromatic carboxylic acids is 2. The number of aryl methyl sites for hydroxylation is 1. The SMILES string of the molecule is COC(=O)c1c(C)cc(C(=O)O)c(Cc2cc(C(C)C)c(OC(C)=O)c(C(C)C)c2)c1C(=O)O. The van der Waals surface area contributed by atoms with E-state index in [1.807, 2.05) is 27.7 Å². The van der Waals surface area contributed by atoms with Crippen LogP contribution in [-0.4, -0.2) is 41.2 Å². The fourth-order valence-corrected chi connectivity index (χ4v) is 4.00. The fourth-order valence-electron chi connectivity index (χ4n) is 4.00. The normalized spacial score (nSPS) is 11.0. The summed E-state index contributed by atoms with van der Waals surface area (Å²) >= 11 is 0. The van der Waals surface area contributed by atoms with E-state index in [0.717, 1.165) is 18.2 Å². The van der Waals surface area contributed by atoms with Gasteiger partial charge in [0.05, 0.1) is 23.8 Å². The Labute approximate surface area is 198 Å². The van der Waals surface area contributed by atoms with Gasteiger partial charge >= 0.3 is 23.9 Å². The molecule has 0 radical (unpaired) electrons. The molecule has 0 heterocycles. The summed E-state index contributed by atoms with van der Waals surface area (Å²) in [4.78, 5) is 48.4. The van der Waals surface area contributed by atoms with Crippen molar-refractivity contribution in [3.63, 3.8) is 0 Å². The summed E-state index contributed by atoms with van der Waals surface area (Å²) in [6.07, 6.45) is -0.0622. The van der Waals surface area contributed by atoms with E-state index in [2.05, 4.69) is 0 Å². The van der Waals surface area contributed by atoms with E-state index >= 15 is 0 Å². The van der Waals surface area contributed by atoms with Crippen LogP contribution < -0.4 is 4.74 Å². The highest BCUT2D eigenvalue weighted by molar-refractivity contribution is 6.07. The van der Waals surface area contributed by atoms with Crippen molar-refractivity contribution in [3.05, 3.63) is 62.7 Å². The molecule has 0 saturated heterocycles. The molecular formula is C26H30O8. The Morgan fingerprint density at radius 1 is 0.882 bits per heavy atom. The topological polar surface area (TPSA) is 127 Å². The molecule has 8 heteroatoms. The number of hydrogen-bond acceptors (Lipinski definition) is 6. The second-order valence-corrected chi connectivity index (χ2v) is 8.75. The van der Waals surface area contributed by atoms with Gasteiger partial charge in [-0.25, -0.2) is 14.4 Å². The summed E-state index contributed by atoms with van der Waals surface area (Å²) in [6, 6.07) is 4.85. The Hall–Kier alpha value is -3.68. The number of carbonyl (C=O) groups excluding carboxylic acids is 2. The summed E-state index contributed by atoms with van der Waals surface area (Å²) < 4.78 is 10.3. The smallest absolute Gasteiger partial charge is 0.339 e. The third-order valence-corrected chi connectivity index (χ3v) is 5.54. The number of esters is 2. The van der Waals surface area contributed by atoms with Crippen molar-refractivity contribution in [3.8, 4) is 5.75 Å². The summed E-state index contributed by atoms with van der Waals surface area (Å²) in [7, 11) is 1.13. The summed E-state index contributed by atoms with van der Waals surface area (Å²) in [5.74, 6) is -3.66. The van der Waals surface area contributed by atoms with E-state index in [4.69, 9.17) is 9.47 Å². The minimum Gasteiger partial charge on any atom is -0.478 e. The third-order valence-electron chi connectivity index (χ3n) is 5.54. The maximum absolute atomic E-state index is 12.4. The Morgan fingerprint density at radius 3 is 1.79 bits per heavy atom. The molecule has 0 aliphatic heterocycles. The van der Waals surface area contributed by atoms with Crippen LogP contribution in [0.15, 0.2) is 18.2 Å². The van der Waals surface area contributed by atoms with Crippen molar-refractivity contribution in [2.75, 3.05) is 7.11 Å². The maximum Gasteiger partial charge on any atom is 0.339 e. The molecule has 8 nitrogen and oxygen atoms in total. The number of rotatable bonds is 8. The van der Waals surface area contributed by atoms with E-state index in [-0.39, 0.29) is 40.5 Å². The van der Waals surface area contributed by atoms with Crippen LogP contribution in [-0.2, 0) is 16.0 Å². The van der Waals surface area contributed by atoms with Crippen molar-refractivity contribution in [1.82, 2.24) is 0 Å². The van der Waals surface area contributed by atoms with Crippen molar-refractivity contribution in [1.29, 1.82) is 0 Å². The van der Waals surface area contributed by atoms with Crippen molar-refractivity contribution < 1.29 is 38.9 Å². The molecule has 0 aliphatic rings. The molecule has 0 bridgehead atoms. The number of carboxylic acid groups (broad SMARTS) is 2. The molecule has 2 N–H and O–H groups in total. The molecule has 182 valence electrons. The fraction of sp³-hybridized carbons (Fsp3) is 0.385. The quantitative estimate of drug-likeness (QED) is 0.410. The molecule has 0 spiro atoms. The van der Waals surface area contributed by atoms with Gasteiger partial charge in [0, 0.05) is 6.92 Å². The van der Waals surface area contributed by atoms with Crippen LogP contribution in [0.25, 0.3) is 0 Å². The maximum atomic E-state index is 12.4. The van der Waals surface area contributed by atoms with Gasteiger partial charge in [-0.1, -0.05) is 39.8 Å². The third kappa shape index (κ3) is 5.44. The van der Waals surface area contributed by atoms with Crippen LogP contribution >= 0.6 is 0 Å². The Morgan fingerprint density at radius 2 is 1.41 bits per heavy atom. The highest BCUT2D eigenvalue weighted by Crippen LogP contribution is 2.37. The lowest BCUT2D eigenvalue weighted by atomic mass is 9.85. The van der Waals surface area contributed by atoms with Gasteiger partial charge in [0.25, 0.3) is 0 Å². The number of hydrogen-bond donors (Lipinski definition) is 2. The molecule has 0 amide bonds. The van der Waals surface area contributed by atoms with Gasteiger partial charge in [-0.05, 0) is 59.1 Å². The average molecular weight is 471 g/mol. The first kappa shape index (κ1) is 26.6. The molecule has 2 aromatic carbocycles. The second-order valence-electron chi connectivity index (χ2n) is 8.75. The molecule has 0 saturated carbocycles. The Balaban J connectivity index is 2.89. The molecule has 2 aromatic rings. The van der Waals surface area contributed by atoms with Crippen molar-refractivity contribution in [2.45, 2.75) is 59.8 Å². The second kappa shape index (κ2) is 10.5. The predicted molar refractivity (Wildman–Crippen MR) is 125 cm³/mol. The Kier molecular flexibility index (Phi) is 8.21. The summed E-state index contributed by atoms with van der Waals surface area (Å²) in [5, 5.41) is 19.8. The zero-order valence-electron chi connectivity index (χ0n) is 20.4. The number of ether oxygens (including phenoxy) is 2. The van der Waals surface area contributed by atoms with E-state index in [0.29, 0.717) is 11.3 Å². The van der Waals surface area contributed by atoms with E-state index in [1.165, 1.54) is 19.9 Å². The van der Waals surface area contributed by atoms with Gasteiger partial charge in [0.1, 0.15) is 5.75 Å². The molecule has 0 fully saturated rings. The molecule has 34 heavy (non-hydrogen) atoms. The van der Waals surface area contributed by atoms with Crippen LogP contribution in [0, 0.1) is 6.92 Å². The number of carbonyl (C=O) groups is 4. The number of methoxy groups -OCH3 is 1. The minimum absolute atomic E-state index is 0.00403. The molecule has 0 atom stereocenters. The number of benzene rings is 2. The van der Waals surface area contributed by atoms with Gasteiger partial charge in [0.2, 0.25) is 0 Å². The molecular weight excluding hydrogens is 440 g/mol. The predicted octanol–water partition coefficient (Wildman–Crippen LogP) is 4.94. The highest BCUT2D eigenvalue weighted by atomic mass is 16.5. The number of carboxylic acids is 2. The largest absolute Gasteiger partial charge is 0.478 e. The zero-order valence-corrected chi connectivity index (χ0v) is 20.4. The lowest BCUT2D eigenvalue weighted by Crippen LogP contribution is -2.19. The first-order valence-electron chi connectivity index (χ1n) is 10.9. The first-order chi connectivity index (χ1) is 15.8. The lowest BCUT2D eigenvalue weighted by molar-refractivity contribution is -0.132. The van der Waals surface area contributed by atoms with Gasteiger partial charge in [-0.15, -0.1) is 0 Å². The monoisotopic (exact) mass is 470 g/mol. The minimum atomic E-state index is -1.42. The standard InChI is InChI=1S/C26H30O8/c1-12(2)17-9-16(10-18(13(3)4)23(17)34-15(6)27)11-19-20(24(28)29)8-14(5)21(26(32)33-7)22(19)25(30)31/h8-10,12-13H,11H2,1-7H3,(H,28,29)(H,30,31). The van der Waals surface area contributed by atoms with Gasteiger partial charge < -0.3 is 19.7 Å². The molecule has 2 rings (SSSR count). The van der Waals surface area contributed by atoms with Crippen molar-refractivity contribution >= 4 is 23.9 Å². The Bertz CT molecular complexity index is 1130. The summed E-state index contributed by atoms with van der Waals surface area (Å²) in [5.41, 5.74) is 1.52. The lowest BCUT2D eigenvalue weighted by Gasteiger charge is -2.22. The highest BCUT2D eigenvalue weighted by Gasteiger charge is 2.29. The van der Waals surface area contributed by atoms with E-state index < -0.39 is 29.4 Å². The molecule has 0 aromatic heterocycles. The van der Waals surface area contributed by atoms with Crippen LogP contribution in [0.2, 0.25) is 0 Å². The molecule has 0 unspecified atom stereocenters. The van der Waals surface area contributed by atoms with Crippen molar-refractivity contribution in [2.24, 2.45) is 0 Å². The van der Waals surface area contributed by atoms with Gasteiger partial charge in [-0.3, -0.25) is 4.79 Å². The van der Waals surface area contributed by atoms with E-state index in [9.17, 15) is 29.4 Å². The van der Waals surface area contributed by atoms with Gasteiger partial charge in [-0.2, -0.15) is 0 Å². The van der Waals surface area contributed by atoms with Crippen LogP contribution in [0.5, 0.6) is 5.75 Å². The van der Waals surface area contributed by atoms with Crippen LogP contribution in [0.3, 0.4) is 0 Å². The van der Waals surface area contributed by atoms with Crippen LogP contribution in [0.1, 0.15) is 105 Å². The average Bonchev–Trinajstić information content (AvgIpc) is 2.73. The zero-order chi connectivity index (χ0) is 25.9. The summed E-state index contributed by atoms with van der Waals surface area (Å²) in [6.45, 7) is 10.5. The van der Waals surface area contributed by atoms with Crippen LogP contribution in [0.4, 0.5) is 0 Å². The molecule has 0 aliphatic carbocycles.